The minimum absolute atomic E-state index is 0.195. The molecule has 4 heteroatoms. The summed E-state index contributed by atoms with van der Waals surface area (Å²) in [6, 6.07) is 6.74. The molecule has 0 aliphatic carbocycles. The van der Waals surface area contributed by atoms with Gasteiger partial charge >= 0.3 is 0 Å². The van der Waals surface area contributed by atoms with Crippen LogP contribution in [0, 0.1) is 0 Å². The van der Waals surface area contributed by atoms with Crippen LogP contribution in [0.5, 0.6) is 5.75 Å². The van der Waals surface area contributed by atoms with Crippen molar-refractivity contribution in [2.75, 3.05) is 13.2 Å². The largest absolute Gasteiger partial charge is 0.487 e. The molecule has 1 aromatic rings. The second-order valence-corrected chi connectivity index (χ2v) is 5.76. The van der Waals surface area contributed by atoms with E-state index in [9.17, 15) is 0 Å². The average molecular weight is 314 g/mol. The maximum Gasteiger partial charge on any atom is 0.134 e. The highest BCUT2D eigenvalue weighted by atomic mass is 79.9. The average Bonchev–Trinajstić information content (AvgIpc) is 2.82. The van der Waals surface area contributed by atoms with Crippen LogP contribution in [-0.2, 0) is 11.3 Å². The Kier molecular flexibility index (Phi) is 5.03. The zero-order valence-corrected chi connectivity index (χ0v) is 12.5. The van der Waals surface area contributed by atoms with Crippen LogP contribution < -0.4 is 10.1 Å². The Morgan fingerprint density at radius 3 is 2.94 bits per heavy atom. The molecular formula is C14H20BrNO2. The summed E-state index contributed by atoms with van der Waals surface area (Å²) < 4.78 is 12.2. The van der Waals surface area contributed by atoms with Gasteiger partial charge in [-0.05, 0) is 33.6 Å². The molecule has 3 nitrogen and oxygen atoms in total. The van der Waals surface area contributed by atoms with Gasteiger partial charge in [-0.25, -0.2) is 0 Å². The normalized spacial score (nSPS) is 19.4. The Labute approximate surface area is 117 Å². The summed E-state index contributed by atoms with van der Waals surface area (Å²) in [4.78, 5) is 0. The van der Waals surface area contributed by atoms with Crippen molar-refractivity contribution in [2.45, 2.75) is 39.0 Å². The van der Waals surface area contributed by atoms with Crippen molar-refractivity contribution in [3.63, 3.8) is 0 Å². The fraction of sp³-hybridized carbons (Fsp3) is 0.571. The first kappa shape index (κ1) is 13.8. The highest BCUT2D eigenvalue weighted by Gasteiger charge is 2.18. The third kappa shape index (κ3) is 3.97. The topological polar surface area (TPSA) is 30.5 Å². The Balaban J connectivity index is 1.95. The molecule has 1 N–H and O–H groups in total. The van der Waals surface area contributed by atoms with Gasteiger partial charge in [-0.1, -0.05) is 19.9 Å². The maximum atomic E-state index is 5.89. The molecule has 1 unspecified atom stereocenters. The summed E-state index contributed by atoms with van der Waals surface area (Å²) in [6.45, 7) is 6.67. The van der Waals surface area contributed by atoms with Crippen LogP contribution in [-0.4, -0.2) is 25.4 Å². The Morgan fingerprint density at radius 1 is 1.50 bits per heavy atom. The quantitative estimate of drug-likeness (QED) is 0.906. The molecule has 0 radical (unpaired) electrons. The van der Waals surface area contributed by atoms with Crippen LogP contribution >= 0.6 is 15.9 Å². The Bertz CT molecular complexity index is 389. The smallest absolute Gasteiger partial charge is 0.134 e. The zero-order valence-electron chi connectivity index (χ0n) is 10.9. The monoisotopic (exact) mass is 313 g/mol. The molecule has 0 bridgehead atoms. The Morgan fingerprint density at radius 2 is 2.33 bits per heavy atom. The highest BCUT2D eigenvalue weighted by molar-refractivity contribution is 9.10. The molecular weight excluding hydrogens is 294 g/mol. The van der Waals surface area contributed by atoms with E-state index in [1.54, 1.807) is 0 Å². The van der Waals surface area contributed by atoms with E-state index >= 15 is 0 Å². The van der Waals surface area contributed by atoms with E-state index in [1.807, 2.05) is 6.07 Å². The molecule has 1 saturated heterocycles. The molecule has 1 aromatic carbocycles. The molecule has 0 spiro atoms. The first-order valence-electron chi connectivity index (χ1n) is 6.41. The first-order chi connectivity index (χ1) is 8.65. The lowest BCUT2D eigenvalue weighted by Gasteiger charge is -2.14. The number of benzene rings is 1. The number of hydrogen-bond donors (Lipinski definition) is 1. The second kappa shape index (κ2) is 6.55. The lowest BCUT2D eigenvalue weighted by Crippen LogP contribution is -2.21. The Hall–Kier alpha value is -0.580. The second-order valence-electron chi connectivity index (χ2n) is 4.90. The van der Waals surface area contributed by atoms with Crippen molar-refractivity contribution < 1.29 is 9.47 Å². The lowest BCUT2D eigenvalue weighted by atomic mass is 10.2. The minimum Gasteiger partial charge on any atom is -0.487 e. The first-order valence-corrected chi connectivity index (χ1v) is 7.20. The van der Waals surface area contributed by atoms with Gasteiger partial charge in [0.15, 0.2) is 0 Å². The van der Waals surface area contributed by atoms with Crippen molar-refractivity contribution in [1.29, 1.82) is 0 Å². The number of nitrogens with one attached hydrogen (secondary N) is 1. The van der Waals surface area contributed by atoms with Crippen molar-refractivity contribution in [3.8, 4) is 5.75 Å². The summed E-state index contributed by atoms with van der Waals surface area (Å²) in [5.74, 6) is 0.902. The van der Waals surface area contributed by atoms with E-state index in [1.165, 1.54) is 5.56 Å². The zero-order chi connectivity index (χ0) is 13.0. The number of hydrogen-bond acceptors (Lipinski definition) is 3. The van der Waals surface area contributed by atoms with E-state index < -0.39 is 0 Å². The number of halogens is 1. The summed E-state index contributed by atoms with van der Waals surface area (Å²) in [5, 5.41) is 3.40. The van der Waals surface area contributed by atoms with Crippen molar-refractivity contribution >= 4 is 15.9 Å². The van der Waals surface area contributed by atoms with Crippen molar-refractivity contribution in [1.82, 2.24) is 5.32 Å². The van der Waals surface area contributed by atoms with E-state index in [2.05, 4.69) is 47.2 Å². The number of rotatable bonds is 5. The molecule has 100 valence electrons. The van der Waals surface area contributed by atoms with Gasteiger partial charge in [-0.15, -0.1) is 0 Å². The van der Waals surface area contributed by atoms with Gasteiger partial charge in [0, 0.05) is 19.0 Å². The SMILES string of the molecule is CC(C)NCc1ccc(OC2CCOC2)c(Br)c1. The summed E-state index contributed by atoms with van der Waals surface area (Å²) in [6.07, 6.45) is 1.17. The van der Waals surface area contributed by atoms with Gasteiger partial charge < -0.3 is 14.8 Å². The molecule has 0 amide bonds. The minimum atomic E-state index is 0.195. The van der Waals surface area contributed by atoms with Crippen molar-refractivity contribution in [2.24, 2.45) is 0 Å². The van der Waals surface area contributed by atoms with E-state index in [0.717, 1.165) is 29.8 Å². The standard InChI is InChI=1S/C14H20BrNO2/c1-10(2)16-8-11-3-4-14(13(15)7-11)18-12-5-6-17-9-12/h3-4,7,10,12,16H,5-6,8-9H2,1-2H3. The summed E-state index contributed by atoms with van der Waals surface area (Å²) in [5.41, 5.74) is 1.26. The molecule has 18 heavy (non-hydrogen) atoms. The highest BCUT2D eigenvalue weighted by Crippen LogP contribution is 2.28. The molecule has 2 rings (SSSR count). The summed E-state index contributed by atoms with van der Waals surface area (Å²) >= 11 is 3.57. The molecule has 1 fully saturated rings. The predicted octanol–water partition coefficient (Wildman–Crippen LogP) is 3.11. The number of ether oxygens (including phenoxy) is 2. The molecule has 1 atom stereocenters. The maximum absolute atomic E-state index is 5.89. The van der Waals surface area contributed by atoms with Gasteiger partial charge in [0.05, 0.1) is 17.7 Å². The lowest BCUT2D eigenvalue weighted by molar-refractivity contribution is 0.141. The van der Waals surface area contributed by atoms with E-state index in [4.69, 9.17) is 9.47 Å². The van der Waals surface area contributed by atoms with Crippen LogP contribution in [0.4, 0.5) is 0 Å². The van der Waals surface area contributed by atoms with Crippen LogP contribution in [0.15, 0.2) is 22.7 Å². The molecule has 1 heterocycles. The van der Waals surface area contributed by atoms with Gasteiger partial charge in [-0.2, -0.15) is 0 Å². The molecule has 0 saturated carbocycles. The molecule has 0 aromatic heterocycles. The van der Waals surface area contributed by atoms with Crippen LogP contribution in [0.25, 0.3) is 0 Å². The van der Waals surface area contributed by atoms with E-state index in [0.29, 0.717) is 12.6 Å². The van der Waals surface area contributed by atoms with Gasteiger partial charge in [0.25, 0.3) is 0 Å². The van der Waals surface area contributed by atoms with Crippen LogP contribution in [0.2, 0.25) is 0 Å². The fourth-order valence-electron chi connectivity index (χ4n) is 1.86. The third-order valence-electron chi connectivity index (χ3n) is 2.89. The predicted molar refractivity (Wildman–Crippen MR) is 76.0 cm³/mol. The van der Waals surface area contributed by atoms with Crippen molar-refractivity contribution in [3.05, 3.63) is 28.2 Å². The van der Waals surface area contributed by atoms with E-state index in [-0.39, 0.29) is 6.10 Å². The summed E-state index contributed by atoms with van der Waals surface area (Å²) in [7, 11) is 0. The van der Waals surface area contributed by atoms with Gasteiger partial charge in [0.2, 0.25) is 0 Å². The van der Waals surface area contributed by atoms with Crippen LogP contribution in [0.1, 0.15) is 25.8 Å². The van der Waals surface area contributed by atoms with Gasteiger partial charge in [-0.3, -0.25) is 0 Å². The molecule has 1 aliphatic rings. The van der Waals surface area contributed by atoms with Gasteiger partial charge in [0.1, 0.15) is 11.9 Å². The van der Waals surface area contributed by atoms with Crippen LogP contribution in [0.3, 0.4) is 0 Å². The fourth-order valence-corrected chi connectivity index (χ4v) is 2.38. The molecule has 1 aliphatic heterocycles. The third-order valence-corrected chi connectivity index (χ3v) is 3.51.